The monoisotopic (exact) mass is 1260 g/mol. The number of hydrogen-bond donors (Lipinski definition) is 1. The fourth-order valence-electron chi connectivity index (χ4n) is 11.3. The number of nitrogens with zero attached hydrogens (tertiary/aromatic N) is 1. The minimum absolute atomic E-state index is 0.0220. The van der Waals surface area contributed by atoms with E-state index in [-0.39, 0.29) is 31.5 Å². The van der Waals surface area contributed by atoms with Crippen molar-refractivity contribution < 1.29 is 37.3 Å². The molecule has 0 aromatic rings. The first kappa shape index (κ1) is 85.7. The number of carbonyl (C=O) groups excluding carboxylic acids is 2. The summed E-state index contributed by atoms with van der Waals surface area (Å²) < 4.78 is 30.5. The second-order valence-corrected chi connectivity index (χ2v) is 28.6. The number of rotatable bonds is 70. The van der Waals surface area contributed by atoms with Crippen molar-refractivity contribution in [1.29, 1.82) is 0 Å². The molecule has 1 N–H and O–H groups in total. The van der Waals surface area contributed by atoms with E-state index in [1.165, 1.54) is 263 Å². The highest BCUT2D eigenvalue weighted by molar-refractivity contribution is 7.45. The maximum atomic E-state index is 13.6. The van der Waals surface area contributed by atoms with Crippen LogP contribution in [0.1, 0.15) is 374 Å². The van der Waals surface area contributed by atoms with Gasteiger partial charge in [-0.15, -0.1) is 0 Å². The summed E-state index contributed by atoms with van der Waals surface area (Å²) in [6, 6.07) is -0.890. The molecule has 10 heteroatoms. The fraction of sp³-hybridized carbons (Fsp3) is 0.846. The van der Waals surface area contributed by atoms with Gasteiger partial charge in [-0.3, -0.25) is 14.2 Å². The van der Waals surface area contributed by atoms with Gasteiger partial charge in [-0.2, -0.15) is 0 Å². The third-order valence-corrected chi connectivity index (χ3v) is 18.2. The summed E-state index contributed by atoms with van der Waals surface area (Å²) in [5, 5.41) is 3.05. The van der Waals surface area contributed by atoms with E-state index in [1.54, 1.807) is 0 Å². The Morgan fingerprint density at radius 1 is 0.398 bits per heavy atom. The van der Waals surface area contributed by atoms with Gasteiger partial charge < -0.3 is 28.5 Å². The predicted octanol–water partition coefficient (Wildman–Crippen LogP) is 23.9. The van der Waals surface area contributed by atoms with Gasteiger partial charge in [-0.1, -0.05) is 345 Å². The highest BCUT2D eigenvalue weighted by Gasteiger charge is 2.27. The number of carbonyl (C=O) groups is 2. The number of esters is 1. The molecule has 0 saturated heterocycles. The SMILES string of the molecule is CCCCC/C=C\C/C=C\C/C=C\C/C=C\CCCCCCCCCCCCCC(=O)NC(COP(=O)([O-])OCC[N+](C)(C)C)C(/C=C/CCCCCCCCCCCC)OC(=O)CCCCCCCCCCCCCCCCCCCCCCCCC. The van der Waals surface area contributed by atoms with Gasteiger partial charge in [0.1, 0.15) is 19.3 Å². The molecule has 516 valence electrons. The van der Waals surface area contributed by atoms with Crippen molar-refractivity contribution in [3.8, 4) is 0 Å². The van der Waals surface area contributed by atoms with Gasteiger partial charge in [0.15, 0.2) is 0 Å². The van der Waals surface area contributed by atoms with Crippen LogP contribution in [-0.2, 0) is 27.9 Å². The molecule has 9 nitrogen and oxygen atoms in total. The summed E-state index contributed by atoms with van der Waals surface area (Å²) in [4.78, 5) is 40.3. The van der Waals surface area contributed by atoms with Crippen LogP contribution in [0.4, 0.5) is 0 Å². The summed E-state index contributed by atoms with van der Waals surface area (Å²) in [6.07, 6.45) is 87.8. The molecule has 0 bridgehead atoms. The van der Waals surface area contributed by atoms with Crippen molar-refractivity contribution in [3.05, 3.63) is 60.8 Å². The number of allylic oxidation sites excluding steroid dienone is 9. The molecule has 0 fully saturated rings. The first-order chi connectivity index (χ1) is 42.9. The van der Waals surface area contributed by atoms with Crippen LogP contribution in [0.5, 0.6) is 0 Å². The Morgan fingerprint density at radius 3 is 1.06 bits per heavy atom. The van der Waals surface area contributed by atoms with Gasteiger partial charge in [0.05, 0.1) is 33.8 Å². The average molecular weight is 1260 g/mol. The number of phosphoric acid groups is 1. The molecule has 0 radical (unpaired) electrons. The van der Waals surface area contributed by atoms with Crippen LogP contribution < -0.4 is 10.2 Å². The van der Waals surface area contributed by atoms with E-state index >= 15 is 0 Å². The van der Waals surface area contributed by atoms with Crippen molar-refractivity contribution in [1.82, 2.24) is 5.32 Å². The molecule has 0 heterocycles. The van der Waals surface area contributed by atoms with Crippen molar-refractivity contribution in [2.75, 3.05) is 40.9 Å². The van der Waals surface area contributed by atoms with Gasteiger partial charge in [-0.05, 0) is 76.7 Å². The number of quaternary nitrogens is 1. The largest absolute Gasteiger partial charge is 0.756 e. The Balaban J connectivity index is 4.97. The Bertz CT molecular complexity index is 1690. The molecule has 3 atom stereocenters. The third-order valence-electron chi connectivity index (χ3n) is 17.2. The number of hydrogen-bond acceptors (Lipinski definition) is 7. The van der Waals surface area contributed by atoms with Crippen molar-refractivity contribution in [3.63, 3.8) is 0 Å². The Hall–Kier alpha value is -2.29. The number of nitrogens with one attached hydrogen (secondary N) is 1. The molecule has 0 aromatic carbocycles. The molecule has 0 spiro atoms. The van der Waals surface area contributed by atoms with E-state index in [4.69, 9.17) is 13.8 Å². The fourth-order valence-corrected chi connectivity index (χ4v) is 12.1. The van der Waals surface area contributed by atoms with Gasteiger partial charge >= 0.3 is 5.97 Å². The van der Waals surface area contributed by atoms with Crippen molar-refractivity contribution in [2.24, 2.45) is 0 Å². The lowest BCUT2D eigenvalue weighted by Gasteiger charge is -2.30. The van der Waals surface area contributed by atoms with Crippen LogP contribution >= 0.6 is 7.82 Å². The quantitative estimate of drug-likeness (QED) is 0.0212. The van der Waals surface area contributed by atoms with E-state index in [1.807, 2.05) is 33.3 Å². The zero-order chi connectivity index (χ0) is 64.2. The van der Waals surface area contributed by atoms with Crippen LogP contribution in [0.15, 0.2) is 60.8 Å². The molecule has 1 amide bonds. The smallest absolute Gasteiger partial charge is 0.306 e. The summed E-state index contributed by atoms with van der Waals surface area (Å²) >= 11 is 0. The van der Waals surface area contributed by atoms with Crippen molar-refractivity contribution >= 4 is 19.7 Å². The molecule has 0 aromatic heterocycles. The lowest BCUT2D eigenvalue weighted by Crippen LogP contribution is -2.47. The minimum Gasteiger partial charge on any atom is -0.756 e. The molecule has 0 rings (SSSR count). The van der Waals surface area contributed by atoms with Crippen LogP contribution in [-0.4, -0.2) is 69.4 Å². The second kappa shape index (κ2) is 67.6. The van der Waals surface area contributed by atoms with Crippen molar-refractivity contribution in [2.45, 2.75) is 386 Å². The maximum absolute atomic E-state index is 13.6. The lowest BCUT2D eigenvalue weighted by molar-refractivity contribution is -0.870. The number of likely N-dealkylation sites (N-methyl/N-ethyl adjacent to an activating group) is 1. The normalized spacial score (nSPS) is 13.8. The van der Waals surface area contributed by atoms with Crippen LogP contribution in [0.2, 0.25) is 0 Å². The number of unbranched alkanes of at least 4 members (excludes halogenated alkanes) is 46. The topological polar surface area (TPSA) is 114 Å². The average Bonchev–Trinajstić information content (AvgIpc) is 3.66. The molecular formula is C78H147N2O7P. The van der Waals surface area contributed by atoms with Gasteiger partial charge in [0, 0.05) is 12.8 Å². The Kier molecular flexibility index (Phi) is 65.8. The van der Waals surface area contributed by atoms with Crippen LogP contribution in [0, 0.1) is 0 Å². The molecule has 0 saturated carbocycles. The van der Waals surface area contributed by atoms with E-state index < -0.39 is 20.0 Å². The van der Waals surface area contributed by atoms with E-state index in [0.29, 0.717) is 17.4 Å². The van der Waals surface area contributed by atoms with Gasteiger partial charge in [-0.25, -0.2) is 0 Å². The van der Waals surface area contributed by atoms with Crippen LogP contribution in [0.3, 0.4) is 0 Å². The Morgan fingerprint density at radius 2 is 0.693 bits per heavy atom. The van der Waals surface area contributed by atoms with E-state index in [0.717, 1.165) is 77.0 Å². The standard InChI is InChI=1S/C78H147N2O7P/c1-7-10-13-16-19-22-25-28-30-32-34-36-38-39-40-41-43-44-46-48-50-52-55-58-61-64-67-70-77(81)79-75(74-86-88(83,84)85-73-72-80(4,5)6)76(69-66-63-60-57-54-27-24-21-18-15-12-9-3)87-78(82)71-68-65-62-59-56-53-51-49-47-45-42-37-35-33-31-29-26-23-20-17-14-11-8-2/h19,22,28,30,34,36,39-40,66,69,75-76H,7-18,20-21,23-27,29,31-33,35,37-38,41-65,67-68,70-74H2,1-6H3,(H-,79,81,83,84)/b22-19-,30-28-,36-34-,40-39-,69-66+. The van der Waals surface area contributed by atoms with E-state index in [2.05, 4.69) is 74.7 Å². The molecule has 0 aliphatic heterocycles. The Labute approximate surface area is 547 Å². The first-order valence-corrected chi connectivity index (χ1v) is 39.6. The third kappa shape index (κ3) is 68.1. The van der Waals surface area contributed by atoms with Gasteiger partial charge in [0.2, 0.25) is 5.91 Å². The molecule has 0 aliphatic rings. The van der Waals surface area contributed by atoms with E-state index in [9.17, 15) is 19.0 Å². The highest BCUT2D eigenvalue weighted by atomic mass is 31.2. The maximum Gasteiger partial charge on any atom is 0.306 e. The summed E-state index contributed by atoms with van der Waals surface area (Å²) in [5.41, 5.74) is 0. The lowest BCUT2D eigenvalue weighted by atomic mass is 10.0. The molecular weight excluding hydrogens is 1110 g/mol. The van der Waals surface area contributed by atoms with Gasteiger partial charge in [0.25, 0.3) is 7.82 Å². The molecule has 3 unspecified atom stereocenters. The molecule has 0 aliphatic carbocycles. The summed E-state index contributed by atoms with van der Waals surface area (Å²) in [5.74, 6) is -0.527. The number of amides is 1. The zero-order valence-electron chi connectivity index (χ0n) is 59.2. The molecule has 88 heavy (non-hydrogen) atoms. The second-order valence-electron chi connectivity index (χ2n) is 27.2. The zero-order valence-corrected chi connectivity index (χ0v) is 60.1. The van der Waals surface area contributed by atoms with Crippen LogP contribution in [0.25, 0.3) is 0 Å². The highest BCUT2D eigenvalue weighted by Crippen LogP contribution is 2.38. The minimum atomic E-state index is -4.71. The first-order valence-electron chi connectivity index (χ1n) is 38.1. The summed E-state index contributed by atoms with van der Waals surface area (Å²) in [6.45, 7) is 6.87. The number of phosphoric ester groups is 1. The summed E-state index contributed by atoms with van der Waals surface area (Å²) in [7, 11) is 1.20. The number of ether oxygens (including phenoxy) is 1. The predicted molar refractivity (Wildman–Crippen MR) is 381 cm³/mol.